The Kier molecular flexibility index (Phi) is 3.44. The molecule has 0 fully saturated rings. The number of carbonyl (C=O) groups excluding carboxylic acids is 1. The third-order valence-corrected chi connectivity index (χ3v) is 2.36. The number of aromatic amines is 1. The van der Waals surface area contributed by atoms with Crippen LogP contribution in [0.3, 0.4) is 0 Å². The number of rotatable bonds is 4. The molecule has 1 unspecified atom stereocenters. The van der Waals surface area contributed by atoms with Crippen LogP contribution in [-0.2, 0) is 0 Å². The number of hydrogen-bond donors (Lipinski definition) is 2. The van der Waals surface area contributed by atoms with E-state index in [2.05, 4.69) is 25.3 Å². The molecule has 0 spiro atoms. The smallest absolute Gasteiger partial charge is 0.272 e. The fraction of sp³-hybridized carbons (Fsp3) is 0.273. The molecular weight excluding hydrogens is 218 g/mol. The van der Waals surface area contributed by atoms with Crippen LogP contribution < -0.4 is 5.32 Å². The minimum Gasteiger partial charge on any atom is -0.347 e. The van der Waals surface area contributed by atoms with Crippen molar-refractivity contribution in [2.75, 3.05) is 0 Å². The van der Waals surface area contributed by atoms with E-state index in [-0.39, 0.29) is 11.9 Å². The third kappa shape index (κ3) is 2.66. The molecule has 2 heterocycles. The number of aromatic nitrogens is 4. The number of nitrogens with one attached hydrogen (secondary N) is 2. The van der Waals surface area contributed by atoms with Gasteiger partial charge < -0.3 is 10.3 Å². The lowest BCUT2D eigenvalue weighted by molar-refractivity contribution is 0.0928. The van der Waals surface area contributed by atoms with Crippen LogP contribution in [0.1, 0.15) is 35.7 Å². The summed E-state index contributed by atoms with van der Waals surface area (Å²) < 4.78 is 0. The van der Waals surface area contributed by atoms with Crippen molar-refractivity contribution in [3.05, 3.63) is 42.5 Å². The molecule has 2 aromatic rings. The molecule has 88 valence electrons. The normalized spacial score (nSPS) is 12.1. The Morgan fingerprint density at radius 2 is 2.29 bits per heavy atom. The molecule has 0 saturated heterocycles. The SMILES string of the molecule is CCC(NC(=O)c1cnccn1)c1ncc[nH]1. The standard InChI is InChI=1S/C11H13N5O/c1-2-8(10-14-5-6-15-10)16-11(17)9-7-12-3-4-13-9/h3-8H,2H2,1H3,(H,14,15)(H,16,17). The van der Waals surface area contributed by atoms with Gasteiger partial charge in [-0.15, -0.1) is 0 Å². The summed E-state index contributed by atoms with van der Waals surface area (Å²) in [7, 11) is 0. The molecule has 0 saturated carbocycles. The highest BCUT2D eigenvalue weighted by atomic mass is 16.1. The predicted molar refractivity (Wildman–Crippen MR) is 61.1 cm³/mol. The van der Waals surface area contributed by atoms with E-state index in [1.54, 1.807) is 12.4 Å². The van der Waals surface area contributed by atoms with E-state index in [0.29, 0.717) is 5.69 Å². The minimum atomic E-state index is -0.249. The Bertz CT molecular complexity index is 468. The van der Waals surface area contributed by atoms with Gasteiger partial charge in [-0.3, -0.25) is 9.78 Å². The van der Waals surface area contributed by atoms with Crippen LogP contribution in [0, 0.1) is 0 Å². The van der Waals surface area contributed by atoms with Crippen LogP contribution >= 0.6 is 0 Å². The van der Waals surface area contributed by atoms with E-state index in [1.165, 1.54) is 18.6 Å². The molecule has 0 aliphatic heterocycles. The first-order chi connectivity index (χ1) is 8.31. The quantitative estimate of drug-likeness (QED) is 0.824. The van der Waals surface area contributed by atoms with Gasteiger partial charge in [0.1, 0.15) is 11.5 Å². The lowest BCUT2D eigenvalue weighted by Gasteiger charge is -2.13. The summed E-state index contributed by atoms with van der Waals surface area (Å²) >= 11 is 0. The van der Waals surface area contributed by atoms with Crippen molar-refractivity contribution in [2.24, 2.45) is 0 Å². The maximum Gasteiger partial charge on any atom is 0.272 e. The topological polar surface area (TPSA) is 83.6 Å². The summed E-state index contributed by atoms with van der Waals surface area (Å²) in [6.07, 6.45) is 8.59. The second-order valence-corrected chi connectivity index (χ2v) is 3.50. The lowest BCUT2D eigenvalue weighted by atomic mass is 10.2. The van der Waals surface area contributed by atoms with Gasteiger partial charge in [0.15, 0.2) is 0 Å². The zero-order chi connectivity index (χ0) is 12.1. The van der Waals surface area contributed by atoms with E-state index in [0.717, 1.165) is 12.2 Å². The summed E-state index contributed by atoms with van der Waals surface area (Å²) in [5, 5.41) is 2.85. The predicted octanol–water partition coefficient (Wildman–Crippen LogP) is 1.08. The van der Waals surface area contributed by atoms with Gasteiger partial charge in [-0.25, -0.2) is 9.97 Å². The lowest BCUT2D eigenvalue weighted by Crippen LogP contribution is -2.29. The largest absolute Gasteiger partial charge is 0.347 e. The molecule has 0 radical (unpaired) electrons. The van der Waals surface area contributed by atoms with Crippen molar-refractivity contribution < 1.29 is 4.79 Å². The number of imidazole rings is 1. The molecule has 0 aromatic carbocycles. The molecule has 6 nitrogen and oxygen atoms in total. The number of carbonyl (C=O) groups is 1. The van der Waals surface area contributed by atoms with Crippen LogP contribution in [0.4, 0.5) is 0 Å². The fourth-order valence-electron chi connectivity index (χ4n) is 1.48. The highest BCUT2D eigenvalue weighted by Crippen LogP contribution is 2.11. The summed E-state index contributed by atoms with van der Waals surface area (Å²) in [5.74, 6) is 0.492. The molecule has 0 bridgehead atoms. The van der Waals surface area contributed by atoms with Gasteiger partial charge in [-0.05, 0) is 6.42 Å². The maximum atomic E-state index is 11.9. The van der Waals surface area contributed by atoms with Crippen molar-refractivity contribution in [1.29, 1.82) is 0 Å². The Labute approximate surface area is 98.5 Å². The molecule has 2 aromatic heterocycles. The minimum absolute atomic E-state index is 0.139. The van der Waals surface area contributed by atoms with Crippen LogP contribution in [-0.4, -0.2) is 25.8 Å². The summed E-state index contributed by atoms with van der Waals surface area (Å²) in [6.45, 7) is 1.98. The number of H-pyrrole nitrogens is 1. The number of hydrogen-bond acceptors (Lipinski definition) is 4. The van der Waals surface area contributed by atoms with Gasteiger partial charge in [-0.2, -0.15) is 0 Å². The second kappa shape index (κ2) is 5.20. The Hall–Kier alpha value is -2.24. The zero-order valence-electron chi connectivity index (χ0n) is 9.42. The van der Waals surface area contributed by atoms with Gasteiger partial charge >= 0.3 is 0 Å². The first kappa shape index (κ1) is 11.3. The molecule has 0 aliphatic carbocycles. The molecule has 17 heavy (non-hydrogen) atoms. The van der Waals surface area contributed by atoms with Crippen molar-refractivity contribution in [3.8, 4) is 0 Å². The molecule has 1 amide bonds. The first-order valence-corrected chi connectivity index (χ1v) is 5.37. The first-order valence-electron chi connectivity index (χ1n) is 5.37. The second-order valence-electron chi connectivity index (χ2n) is 3.50. The number of amides is 1. The van der Waals surface area contributed by atoms with Crippen molar-refractivity contribution in [1.82, 2.24) is 25.3 Å². The monoisotopic (exact) mass is 231 g/mol. The highest BCUT2D eigenvalue weighted by Gasteiger charge is 2.16. The van der Waals surface area contributed by atoms with E-state index >= 15 is 0 Å². The van der Waals surface area contributed by atoms with E-state index < -0.39 is 0 Å². The van der Waals surface area contributed by atoms with E-state index in [9.17, 15) is 4.79 Å². The summed E-state index contributed by atoms with van der Waals surface area (Å²) in [4.78, 5) is 26.8. The van der Waals surface area contributed by atoms with Gasteiger partial charge in [-0.1, -0.05) is 6.92 Å². The Morgan fingerprint density at radius 3 is 2.88 bits per heavy atom. The molecule has 0 aliphatic rings. The van der Waals surface area contributed by atoms with E-state index in [1.807, 2.05) is 6.92 Å². The highest BCUT2D eigenvalue weighted by molar-refractivity contribution is 5.92. The average Bonchev–Trinajstić information content (AvgIpc) is 2.90. The molecule has 2 rings (SSSR count). The Morgan fingerprint density at radius 1 is 1.41 bits per heavy atom. The van der Waals surface area contributed by atoms with Gasteiger partial charge in [0.25, 0.3) is 5.91 Å². The Balaban J connectivity index is 2.08. The summed E-state index contributed by atoms with van der Waals surface area (Å²) in [5.41, 5.74) is 0.303. The van der Waals surface area contributed by atoms with Gasteiger partial charge in [0.05, 0.1) is 12.2 Å². The van der Waals surface area contributed by atoms with Gasteiger partial charge in [0, 0.05) is 24.8 Å². The molecular formula is C11H13N5O. The zero-order valence-corrected chi connectivity index (χ0v) is 9.42. The van der Waals surface area contributed by atoms with Crippen LogP contribution in [0.5, 0.6) is 0 Å². The molecule has 1 atom stereocenters. The van der Waals surface area contributed by atoms with Crippen LogP contribution in [0.2, 0.25) is 0 Å². The van der Waals surface area contributed by atoms with E-state index in [4.69, 9.17) is 0 Å². The summed E-state index contributed by atoms with van der Waals surface area (Å²) in [6, 6.07) is -0.139. The number of nitrogens with zero attached hydrogens (tertiary/aromatic N) is 3. The van der Waals surface area contributed by atoms with Crippen LogP contribution in [0.15, 0.2) is 31.0 Å². The van der Waals surface area contributed by atoms with Crippen molar-refractivity contribution in [3.63, 3.8) is 0 Å². The maximum absolute atomic E-state index is 11.9. The molecule has 2 N–H and O–H groups in total. The fourth-order valence-corrected chi connectivity index (χ4v) is 1.48. The van der Waals surface area contributed by atoms with Crippen molar-refractivity contribution >= 4 is 5.91 Å². The average molecular weight is 231 g/mol. The van der Waals surface area contributed by atoms with Crippen molar-refractivity contribution in [2.45, 2.75) is 19.4 Å². The third-order valence-electron chi connectivity index (χ3n) is 2.36. The van der Waals surface area contributed by atoms with Gasteiger partial charge in [0.2, 0.25) is 0 Å². The molecule has 6 heteroatoms. The van der Waals surface area contributed by atoms with Crippen LogP contribution in [0.25, 0.3) is 0 Å².